The number of thiocarbonyl (C=S) groups is 1. The zero-order valence-electron chi connectivity index (χ0n) is 11.1. The van der Waals surface area contributed by atoms with Gasteiger partial charge in [-0.3, -0.25) is 4.79 Å². The summed E-state index contributed by atoms with van der Waals surface area (Å²) in [5.74, 6) is 0.104. The molecule has 0 atom stereocenters. The van der Waals surface area contributed by atoms with Gasteiger partial charge >= 0.3 is 0 Å². The Kier molecular flexibility index (Phi) is 8.99. The first-order valence-electron chi connectivity index (χ1n) is 6.14. The molecule has 100 valence electrons. The molecule has 0 bridgehead atoms. The van der Waals surface area contributed by atoms with E-state index in [1.165, 1.54) is 0 Å². The fourth-order valence-corrected chi connectivity index (χ4v) is 1.54. The average molecular weight is 260 g/mol. The van der Waals surface area contributed by atoms with Crippen molar-refractivity contribution in [1.29, 1.82) is 0 Å². The number of hydrogen-bond acceptors (Lipinski definition) is 3. The lowest BCUT2D eigenvalue weighted by Crippen LogP contribution is -2.39. The summed E-state index contributed by atoms with van der Waals surface area (Å²) in [5, 5.41) is 0. The lowest BCUT2D eigenvalue weighted by Gasteiger charge is -2.26. The van der Waals surface area contributed by atoms with Crippen LogP contribution in [0, 0.1) is 0 Å². The normalized spacial score (nSPS) is 10.6. The lowest BCUT2D eigenvalue weighted by molar-refractivity contribution is -0.133. The highest BCUT2D eigenvalue weighted by Crippen LogP contribution is 2.04. The molecule has 0 rings (SSSR count). The molecule has 0 aliphatic carbocycles. The third-order valence-electron chi connectivity index (χ3n) is 2.35. The van der Waals surface area contributed by atoms with E-state index in [0.29, 0.717) is 37.6 Å². The number of nitrogens with two attached hydrogens (primary N) is 1. The molecule has 0 aromatic carbocycles. The van der Waals surface area contributed by atoms with E-state index < -0.39 is 0 Å². The summed E-state index contributed by atoms with van der Waals surface area (Å²) in [4.78, 5) is 14.2. The van der Waals surface area contributed by atoms with Crippen molar-refractivity contribution in [2.75, 3.05) is 19.8 Å². The summed E-state index contributed by atoms with van der Waals surface area (Å²) in [6.45, 7) is 7.82. The van der Waals surface area contributed by atoms with E-state index in [-0.39, 0.29) is 11.9 Å². The fraction of sp³-hybridized carbons (Fsp3) is 0.833. The van der Waals surface area contributed by atoms with Crippen LogP contribution in [-0.2, 0) is 9.53 Å². The monoisotopic (exact) mass is 260 g/mol. The van der Waals surface area contributed by atoms with Gasteiger partial charge in [-0.2, -0.15) is 0 Å². The van der Waals surface area contributed by atoms with Crippen LogP contribution in [0.3, 0.4) is 0 Å². The Morgan fingerprint density at radius 3 is 2.47 bits per heavy atom. The van der Waals surface area contributed by atoms with Crippen molar-refractivity contribution >= 4 is 23.1 Å². The highest BCUT2D eigenvalue weighted by molar-refractivity contribution is 7.80. The van der Waals surface area contributed by atoms with Crippen LogP contribution in [0.1, 0.15) is 40.0 Å². The van der Waals surface area contributed by atoms with Crippen LogP contribution < -0.4 is 5.73 Å². The van der Waals surface area contributed by atoms with E-state index in [4.69, 9.17) is 22.7 Å². The van der Waals surface area contributed by atoms with Gasteiger partial charge in [0.2, 0.25) is 5.91 Å². The number of nitrogens with zero attached hydrogens (tertiary/aromatic N) is 1. The topological polar surface area (TPSA) is 55.6 Å². The number of rotatable bonds is 9. The SMILES string of the molecule is CCCOCCC(=O)N(CCC(N)=S)C(C)C. The van der Waals surface area contributed by atoms with Crippen LogP contribution in [0.2, 0.25) is 0 Å². The largest absolute Gasteiger partial charge is 0.393 e. The predicted octanol–water partition coefficient (Wildman–Crippen LogP) is 1.72. The third-order valence-corrected chi connectivity index (χ3v) is 2.56. The molecule has 17 heavy (non-hydrogen) atoms. The molecule has 0 aliphatic heterocycles. The molecular formula is C12H24N2O2S. The van der Waals surface area contributed by atoms with Gasteiger partial charge in [-0.15, -0.1) is 0 Å². The van der Waals surface area contributed by atoms with Gasteiger partial charge in [-0.1, -0.05) is 19.1 Å². The second kappa shape index (κ2) is 9.36. The Labute approximate surface area is 109 Å². The Hall–Kier alpha value is -0.680. The summed E-state index contributed by atoms with van der Waals surface area (Å²) >= 11 is 4.82. The smallest absolute Gasteiger partial charge is 0.225 e. The number of amides is 1. The van der Waals surface area contributed by atoms with Crippen LogP contribution >= 0.6 is 12.2 Å². The first kappa shape index (κ1) is 16.3. The minimum absolute atomic E-state index is 0.104. The molecule has 4 nitrogen and oxygen atoms in total. The number of carbonyl (C=O) groups excluding carboxylic acids is 1. The van der Waals surface area contributed by atoms with Gasteiger partial charge in [0.15, 0.2) is 0 Å². The summed E-state index contributed by atoms with van der Waals surface area (Å²) in [6, 6.07) is 0.169. The first-order valence-corrected chi connectivity index (χ1v) is 6.55. The van der Waals surface area contributed by atoms with Gasteiger partial charge in [0, 0.05) is 25.6 Å². The van der Waals surface area contributed by atoms with Gasteiger partial charge in [-0.05, 0) is 20.3 Å². The van der Waals surface area contributed by atoms with Crippen molar-refractivity contribution in [3.05, 3.63) is 0 Å². The van der Waals surface area contributed by atoms with Crippen molar-refractivity contribution in [2.45, 2.75) is 46.1 Å². The van der Waals surface area contributed by atoms with Crippen LogP contribution in [0.25, 0.3) is 0 Å². The summed E-state index contributed by atoms with van der Waals surface area (Å²) in [6.07, 6.45) is 1.98. The summed E-state index contributed by atoms with van der Waals surface area (Å²) < 4.78 is 5.31. The maximum Gasteiger partial charge on any atom is 0.225 e. The average Bonchev–Trinajstić information content (AvgIpc) is 2.23. The molecular weight excluding hydrogens is 236 g/mol. The van der Waals surface area contributed by atoms with E-state index >= 15 is 0 Å². The Morgan fingerprint density at radius 2 is 2.00 bits per heavy atom. The lowest BCUT2D eigenvalue weighted by atomic mass is 10.2. The van der Waals surface area contributed by atoms with Crippen LogP contribution in [0.5, 0.6) is 0 Å². The molecule has 0 saturated heterocycles. The Bertz CT molecular complexity index is 245. The maximum absolute atomic E-state index is 11.9. The van der Waals surface area contributed by atoms with Crippen molar-refractivity contribution in [1.82, 2.24) is 4.90 Å². The van der Waals surface area contributed by atoms with Gasteiger partial charge in [0.25, 0.3) is 0 Å². The molecule has 0 unspecified atom stereocenters. The minimum atomic E-state index is 0.104. The van der Waals surface area contributed by atoms with Gasteiger partial charge in [-0.25, -0.2) is 0 Å². The van der Waals surface area contributed by atoms with E-state index in [2.05, 4.69) is 0 Å². The highest BCUT2D eigenvalue weighted by atomic mass is 32.1. The zero-order valence-corrected chi connectivity index (χ0v) is 11.9. The van der Waals surface area contributed by atoms with Crippen molar-refractivity contribution in [3.8, 4) is 0 Å². The number of carbonyl (C=O) groups is 1. The molecule has 1 amide bonds. The fourth-order valence-electron chi connectivity index (χ4n) is 1.45. The van der Waals surface area contributed by atoms with E-state index in [9.17, 15) is 4.79 Å². The third kappa shape index (κ3) is 8.10. The molecule has 0 spiro atoms. The number of ether oxygens (including phenoxy) is 1. The molecule has 0 heterocycles. The van der Waals surface area contributed by atoms with Crippen molar-refractivity contribution in [3.63, 3.8) is 0 Å². The molecule has 5 heteroatoms. The zero-order chi connectivity index (χ0) is 13.3. The molecule has 0 fully saturated rings. The summed E-state index contributed by atoms with van der Waals surface area (Å²) in [5.41, 5.74) is 5.45. The highest BCUT2D eigenvalue weighted by Gasteiger charge is 2.16. The molecule has 2 N–H and O–H groups in total. The summed E-state index contributed by atoms with van der Waals surface area (Å²) in [7, 11) is 0. The van der Waals surface area contributed by atoms with E-state index in [1.54, 1.807) is 4.90 Å². The Morgan fingerprint density at radius 1 is 1.35 bits per heavy atom. The predicted molar refractivity (Wildman–Crippen MR) is 74.0 cm³/mol. The second-order valence-electron chi connectivity index (χ2n) is 4.26. The van der Waals surface area contributed by atoms with Crippen LogP contribution in [-0.4, -0.2) is 41.6 Å². The van der Waals surface area contributed by atoms with E-state index in [0.717, 1.165) is 6.42 Å². The molecule has 0 aromatic rings. The van der Waals surface area contributed by atoms with Crippen molar-refractivity contribution < 1.29 is 9.53 Å². The van der Waals surface area contributed by atoms with Crippen LogP contribution in [0.4, 0.5) is 0 Å². The molecule has 0 saturated carbocycles. The molecule has 0 radical (unpaired) electrons. The Balaban J connectivity index is 4.02. The van der Waals surface area contributed by atoms with E-state index in [1.807, 2.05) is 20.8 Å². The van der Waals surface area contributed by atoms with Gasteiger partial charge < -0.3 is 15.4 Å². The van der Waals surface area contributed by atoms with Gasteiger partial charge in [0.1, 0.15) is 0 Å². The van der Waals surface area contributed by atoms with Crippen LogP contribution in [0.15, 0.2) is 0 Å². The minimum Gasteiger partial charge on any atom is -0.393 e. The van der Waals surface area contributed by atoms with Gasteiger partial charge in [0.05, 0.1) is 18.0 Å². The molecule has 0 aliphatic rings. The van der Waals surface area contributed by atoms with Crippen molar-refractivity contribution in [2.24, 2.45) is 5.73 Å². The first-order chi connectivity index (χ1) is 7.99. The number of hydrogen-bond donors (Lipinski definition) is 1. The second-order valence-corrected chi connectivity index (χ2v) is 4.78. The standard InChI is InChI=1S/C12H24N2O2S/c1-4-8-16-9-6-12(15)14(10(2)3)7-5-11(13)17/h10H,4-9H2,1-3H3,(H2,13,17). The molecule has 0 aromatic heterocycles. The maximum atomic E-state index is 11.9. The quantitative estimate of drug-likeness (QED) is 0.506.